The quantitative estimate of drug-likeness (QED) is 0.177. The van der Waals surface area contributed by atoms with Crippen LogP contribution in [-0.4, -0.2) is 0 Å². The Kier molecular flexibility index (Phi) is 6.40. The predicted octanol–water partition coefficient (Wildman–Crippen LogP) is 13.4. The van der Waals surface area contributed by atoms with E-state index in [2.05, 4.69) is 175 Å². The summed E-state index contributed by atoms with van der Waals surface area (Å²) in [7, 11) is 0. The molecule has 234 valence electrons. The number of benzene rings is 5. The van der Waals surface area contributed by atoms with Gasteiger partial charge in [-0.3, -0.25) is 0 Å². The second-order valence-corrected chi connectivity index (χ2v) is 15.2. The van der Waals surface area contributed by atoms with Gasteiger partial charge in [0, 0.05) is 32.8 Å². The normalized spacial score (nSPS) is 20.3. The molecule has 2 aromatic heterocycles. The zero-order chi connectivity index (χ0) is 32.7. The van der Waals surface area contributed by atoms with Crippen molar-refractivity contribution in [1.82, 2.24) is 0 Å². The molecule has 3 aliphatic carbocycles. The highest BCUT2D eigenvalue weighted by Crippen LogP contribution is 2.68. The van der Waals surface area contributed by atoms with E-state index in [4.69, 9.17) is 0 Å². The molecule has 0 N–H and O–H groups in total. The van der Waals surface area contributed by atoms with E-state index in [-0.39, 0.29) is 17.3 Å². The monoisotopic (exact) mass is 663 g/mol. The molecule has 0 fully saturated rings. The molecule has 7 aromatic rings. The van der Waals surface area contributed by atoms with Crippen molar-refractivity contribution in [3.63, 3.8) is 0 Å². The molecule has 2 heterocycles. The van der Waals surface area contributed by atoms with Gasteiger partial charge in [0.25, 0.3) is 0 Å². The van der Waals surface area contributed by atoms with Crippen molar-refractivity contribution >= 4 is 66.0 Å². The first kappa shape index (κ1) is 28.8. The molecule has 0 amide bonds. The minimum atomic E-state index is -0.364. The molecule has 1 nitrogen and oxygen atoms in total. The van der Waals surface area contributed by atoms with Crippen molar-refractivity contribution in [2.75, 3.05) is 4.90 Å². The third kappa shape index (κ3) is 3.92. The Morgan fingerprint density at radius 1 is 0.755 bits per heavy atom. The molecule has 5 aromatic carbocycles. The van der Waals surface area contributed by atoms with Gasteiger partial charge in [0.1, 0.15) is 0 Å². The number of allylic oxidation sites excluding steroid dienone is 6. The van der Waals surface area contributed by atoms with E-state index >= 15 is 0 Å². The smallest absolute Gasteiger partial charge is 0.0999 e. The van der Waals surface area contributed by atoms with Crippen LogP contribution in [0.1, 0.15) is 34.4 Å². The largest absolute Gasteiger partial charge is 0.302 e. The fraction of sp³-hybridized carbons (Fsp3) is 0.0870. The number of hydrogen-bond donors (Lipinski definition) is 0. The molecule has 3 heteroatoms. The van der Waals surface area contributed by atoms with Crippen LogP contribution >= 0.6 is 22.7 Å². The van der Waals surface area contributed by atoms with Crippen molar-refractivity contribution in [1.29, 1.82) is 0 Å². The van der Waals surface area contributed by atoms with Crippen LogP contribution in [0.5, 0.6) is 0 Å². The predicted molar refractivity (Wildman–Crippen MR) is 212 cm³/mol. The van der Waals surface area contributed by atoms with Gasteiger partial charge in [0.05, 0.1) is 10.4 Å². The molecule has 49 heavy (non-hydrogen) atoms. The lowest BCUT2D eigenvalue weighted by Crippen LogP contribution is -2.34. The minimum Gasteiger partial charge on any atom is -0.302 e. The van der Waals surface area contributed by atoms with E-state index in [1.165, 1.54) is 81.1 Å². The topological polar surface area (TPSA) is 3.24 Å². The second kappa shape index (κ2) is 10.9. The summed E-state index contributed by atoms with van der Waals surface area (Å²) in [5.74, 6) is 0.429. The van der Waals surface area contributed by atoms with E-state index in [0.717, 1.165) is 0 Å². The molecule has 0 aliphatic heterocycles. The fourth-order valence-corrected chi connectivity index (χ4v) is 11.2. The van der Waals surface area contributed by atoms with Gasteiger partial charge in [-0.25, -0.2) is 0 Å². The molecule has 3 aliphatic rings. The van der Waals surface area contributed by atoms with Gasteiger partial charge < -0.3 is 4.90 Å². The van der Waals surface area contributed by atoms with Crippen molar-refractivity contribution in [2.24, 2.45) is 5.92 Å². The van der Waals surface area contributed by atoms with Crippen LogP contribution in [-0.2, 0) is 5.41 Å². The second-order valence-electron chi connectivity index (χ2n) is 13.2. The van der Waals surface area contributed by atoms with Crippen LogP contribution in [0.15, 0.2) is 169 Å². The number of nitrogens with zero attached hydrogens (tertiary/aromatic N) is 1. The van der Waals surface area contributed by atoms with Gasteiger partial charge in [-0.15, -0.1) is 22.7 Å². The summed E-state index contributed by atoms with van der Waals surface area (Å²) in [6.45, 7) is 6.64. The fourth-order valence-electron chi connectivity index (χ4n) is 9.10. The Morgan fingerprint density at radius 3 is 2.39 bits per heavy atom. The van der Waals surface area contributed by atoms with Crippen molar-refractivity contribution in [2.45, 2.75) is 18.3 Å². The molecule has 3 atom stereocenters. The molecule has 0 saturated heterocycles. The van der Waals surface area contributed by atoms with E-state index in [1.54, 1.807) is 11.3 Å². The summed E-state index contributed by atoms with van der Waals surface area (Å²) in [6, 6.07) is 45.1. The van der Waals surface area contributed by atoms with Gasteiger partial charge >= 0.3 is 0 Å². The maximum atomic E-state index is 4.49. The lowest BCUT2D eigenvalue weighted by Gasteiger charge is -2.38. The zero-order valence-corrected chi connectivity index (χ0v) is 28.8. The summed E-state index contributed by atoms with van der Waals surface area (Å²) in [4.78, 5) is 3.90. The first-order valence-corrected chi connectivity index (χ1v) is 18.7. The van der Waals surface area contributed by atoms with E-state index in [1.807, 2.05) is 11.3 Å². The molecular weight excluding hydrogens is 631 g/mol. The Morgan fingerprint density at radius 2 is 1.53 bits per heavy atom. The highest BCUT2D eigenvalue weighted by Gasteiger charge is 2.59. The van der Waals surface area contributed by atoms with Crippen LogP contribution in [0, 0.1) is 5.92 Å². The molecule has 0 saturated carbocycles. The van der Waals surface area contributed by atoms with Crippen LogP contribution in [0.4, 0.5) is 16.4 Å². The SMILES string of the molecule is C=CC1=C(/C=C\C)C2(c3ccccc3-c3ccc(N(c4ccc5ccccc5c4)c4cccs4)cc32)C2C=Cc3c(sc4ccccc34)C12. The Labute approximate surface area is 295 Å². The van der Waals surface area contributed by atoms with Crippen LogP contribution in [0.3, 0.4) is 0 Å². The van der Waals surface area contributed by atoms with Crippen LogP contribution < -0.4 is 4.90 Å². The molecule has 3 unspecified atom stereocenters. The van der Waals surface area contributed by atoms with E-state index < -0.39 is 0 Å². The highest BCUT2D eigenvalue weighted by molar-refractivity contribution is 7.19. The van der Waals surface area contributed by atoms with Crippen molar-refractivity contribution < 1.29 is 0 Å². The Bertz CT molecular complexity index is 2560. The third-order valence-electron chi connectivity index (χ3n) is 10.9. The molecule has 0 bridgehead atoms. The highest BCUT2D eigenvalue weighted by atomic mass is 32.1. The summed E-state index contributed by atoms with van der Waals surface area (Å²) in [6.07, 6.45) is 11.7. The average molecular weight is 664 g/mol. The lowest BCUT2D eigenvalue weighted by molar-refractivity contribution is 0.456. The zero-order valence-electron chi connectivity index (χ0n) is 27.1. The Hall–Kier alpha value is -5.22. The van der Waals surface area contributed by atoms with Gasteiger partial charge in [0.2, 0.25) is 0 Å². The number of hydrogen-bond acceptors (Lipinski definition) is 3. The summed E-state index contributed by atoms with van der Waals surface area (Å²) in [5.41, 5.74) is 11.5. The first-order chi connectivity index (χ1) is 24.2. The summed E-state index contributed by atoms with van der Waals surface area (Å²) >= 11 is 3.74. The maximum Gasteiger partial charge on any atom is 0.0999 e. The number of rotatable bonds is 5. The average Bonchev–Trinajstić information content (AvgIpc) is 3.92. The number of anilines is 3. The number of fused-ring (bicyclic) bond motifs is 12. The van der Waals surface area contributed by atoms with Gasteiger partial charge in [-0.1, -0.05) is 116 Å². The maximum absolute atomic E-state index is 4.49. The third-order valence-corrected chi connectivity index (χ3v) is 13.1. The molecule has 1 spiro atoms. The standard InChI is InChI=1S/C46H33NS2/c1-3-12-38-33(4-2)44-40(25-24-37-36-16-8-10-18-42(36)49-45(37)44)46(38)39-17-9-7-15-34(39)35-23-22-32(28-41(35)46)47(43-19-11-26-48-43)31-21-20-29-13-5-6-14-30(29)27-31/h3-28,40,44H,2H2,1H3/b12-3-. The lowest BCUT2D eigenvalue weighted by atomic mass is 9.63. The summed E-state index contributed by atoms with van der Waals surface area (Å²) < 4.78 is 1.35. The minimum absolute atomic E-state index is 0.209. The summed E-state index contributed by atoms with van der Waals surface area (Å²) in [5, 5.41) is 7.22. The molecular formula is C46H33NS2. The van der Waals surface area contributed by atoms with E-state index in [9.17, 15) is 0 Å². The van der Waals surface area contributed by atoms with E-state index in [0.29, 0.717) is 0 Å². The first-order valence-electron chi connectivity index (χ1n) is 17.0. The van der Waals surface area contributed by atoms with Crippen molar-refractivity contribution in [3.05, 3.63) is 190 Å². The van der Waals surface area contributed by atoms with Gasteiger partial charge in [-0.05, 0) is 110 Å². The van der Waals surface area contributed by atoms with Gasteiger partial charge in [0.15, 0.2) is 0 Å². The molecule has 10 rings (SSSR count). The Balaban J connectivity index is 1.25. The number of thiophene rings is 2. The molecule has 0 radical (unpaired) electrons. The van der Waals surface area contributed by atoms with Crippen molar-refractivity contribution in [3.8, 4) is 11.1 Å². The van der Waals surface area contributed by atoms with Crippen LogP contribution in [0.25, 0.3) is 38.1 Å². The van der Waals surface area contributed by atoms with Gasteiger partial charge in [-0.2, -0.15) is 0 Å². The van der Waals surface area contributed by atoms with Crippen LogP contribution in [0.2, 0.25) is 0 Å².